The fourth-order valence-corrected chi connectivity index (χ4v) is 1.48. The lowest BCUT2D eigenvalue weighted by atomic mass is 9.84. The number of rotatable bonds is 2. The third-order valence-electron chi connectivity index (χ3n) is 2.12. The van der Waals surface area contributed by atoms with E-state index in [1.165, 1.54) is 6.92 Å². The molecule has 80 valence electrons. The molecule has 0 heterocycles. The molecule has 1 aliphatic rings. The van der Waals surface area contributed by atoms with Gasteiger partial charge in [-0.1, -0.05) is 13.8 Å². The van der Waals surface area contributed by atoms with E-state index in [1.54, 1.807) is 0 Å². The third-order valence-corrected chi connectivity index (χ3v) is 2.12. The van der Waals surface area contributed by atoms with Crippen LogP contribution in [-0.2, 0) is 14.4 Å². The first-order valence-corrected chi connectivity index (χ1v) is 5.16. The van der Waals surface area contributed by atoms with Crippen LogP contribution >= 0.6 is 0 Å². The first-order valence-electron chi connectivity index (χ1n) is 5.16. The minimum atomic E-state index is -0.615. The van der Waals surface area contributed by atoms with E-state index in [0.29, 0.717) is 19.3 Å². The van der Waals surface area contributed by atoms with Crippen molar-refractivity contribution in [1.29, 1.82) is 0 Å². The van der Waals surface area contributed by atoms with Crippen molar-refractivity contribution >= 4 is 17.3 Å². The number of Topliss-reactive ketones (excluding diaryl/α,β-unsaturated/α-hetero) is 3. The first kappa shape index (κ1) is 13.0. The fraction of sp³-hybridized carbons (Fsp3) is 0.727. The summed E-state index contributed by atoms with van der Waals surface area (Å²) in [5.41, 5.74) is 0. The van der Waals surface area contributed by atoms with Gasteiger partial charge in [-0.15, -0.1) is 0 Å². The van der Waals surface area contributed by atoms with Crippen molar-refractivity contribution in [2.45, 2.75) is 46.5 Å². The monoisotopic (exact) mass is 198 g/mol. The summed E-state index contributed by atoms with van der Waals surface area (Å²) < 4.78 is 0. The molecule has 3 heteroatoms. The Bertz CT molecular complexity index is 215. The third kappa shape index (κ3) is 3.81. The number of carbonyl (C=O) groups excluding carboxylic acids is 3. The van der Waals surface area contributed by atoms with Gasteiger partial charge in [0.1, 0.15) is 17.3 Å². The topological polar surface area (TPSA) is 51.2 Å². The van der Waals surface area contributed by atoms with E-state index in [9.17, 15) is 14.4 Å². The van der Waals surface area contributed by atoms with Crippen molar-refractivity contribution in [1.82, 2.24) is 0 Å². The molecule has 0 amide bonds. The average molecular weight is 198 g/mol. The zero-order chi connectivity index (χ0) is 11.1. The maximum absolute atomic E-state index is 11.2. The maximum Gasteiger partial charge on any atom is 0.143 e. The molecule has 1 aliphatic carbocycles. The SMILES string of the molecule is CC.CC(=O)CC1C(=O)CCCC1=O. The van der Waals surface area contributed by atoms with Gasteiger partial charge >= 0.3 is 0 Å². The van der Waals surface area contributed by atoms with Crippen LogP contribution in [0.1, 0.15) is 46.5 Å². The molecule has 0 N–H and O–H groups in total. The molecule has 0 aromatic rings. The van der Waals surface area contributed by atoms with Crippen LogP contribution in [0.5, 0.6) is 0 Å². The molecule has 0 aromatic carbocycles. The van der Waals surface area contributed by atoms with E-state index < -0.39 is 5.92 Å². The molecule has 1 fully saturated rings. The lowest BCUT2D eigenvalue weighted by Gasteiger charge is -2.17. The Hall–Kier alpha value is -0.990. The zero-order valence-corrected chi connectivity index (χ0v) is 9.13. The maximum atomic E-state index is 11.2. The normalized spacial score (nSPS) is 17.4. The van der Waals surface area contributed by atoms with Gasteiger partial charge in [-0.25, -0.2) is 0 Å². The highest BCUT2D eigenvalue weighted by Gasteiger charge is 2.30. The Morgan fingerprint density at radius 3 is 2.00 bits per heavy atom. The van der Waals surface area contributed by atoms with Gasteiger partial charge in [0.2, 0.25) is 0 Å². The van der Waals surface area contributed by atoms with Gasteiger partial charge < -0.3 is 0 Å². The smallest absolute Gasteiger partial charge is 0.143 e. The lowest BCUT2D eigenvalue weighted by molar-refractivity contribution is -0.138. The highest BCUT2D eigenvalue weighted by molar-refractivity contribution is 6.06. The molecule has 0 spiro atoms. The van der Waals surface area contributed by atoms with Gasteiger partial charge in [-0.2, -0.15) is 0 Å². The predicted octanol–water partition coefficient (Wildman–Crippen LogP) is 1.93. The Kier molecular flexibility index (Phi) is 6.00. The second-order valence-electron chi connectivity index (χ2n) is 3.24. The van der Waals surface area contributed by atoms with E-state index in [-0.39, 0.29) is 23.8 Å². The molecule has 0 aromatic heterocycles. The summed E-state index contributed by atoms with van der Waals surface area (Å²) >= 11 is 0. The molecule has 0 unspecified atom stereocenters. The summed E-state index contributed by atoms with van der Waals surface area (Å²) in [5.74, 6) is -0.803. The molecule has 3 nitrogen and oxygen atoms in total. The van der Waals surface area contributed by atoms with Crippen LogP contribution in [0.2, 0.25) is 0 Å². The average Bonchev–Trinajstić information content (AvgIpc) is 2.15. The minimum absolute atomic E-state index is 0.0542. The molecular formula is C11H18O3. The van der Waals surface area contributed by atoms with Gasteiger partial charge in [0.05, 0.1) is 5.92 Å². The van der Waals surface area contributed by atoms with Crippen LogP contribution < -0.4 is 0 Å². The Morgan fingerprint density at radius 1 is 1.21 bits per heavy atom. The van der Waals surface area contributed by atoms with E-state index >= 15 is 0 Å². The van der Waals surface area contributed by atoms with E-state index in [4.69, 9.17) is 0 Å². The Balaban J connectivity index is 0.000000791. The van der Waals surface area contributed by atoms with Crippen molar-refractivity contribution in [3.05, 3.63) is 0 Å². The number of ketones is 3. The number of carbonyl (C=O) groups is 3. The molecule has 0 radical (unpaired) electrons. The summed E-state index contributed by atoms with van der Waals surface area (Å²) in [6.45, 7) is 5.41. The minimum Gasteiger partial charge on any atom is -0.300 e. The molecule has 14 heavy (non-hydrogen) atoms. The molecule has 0 saturated heterocycles. The van der Waals surface area contributed by atoms with Crippen LogP contribution in [0.3, 0.4) is 0 Å². The van der Waals surface area contributed by atoms with Crippen LogP contribution in [0.4, 0.5) is 0 Å². The molecular weight excluding hydrogens is 180 g/mol. The summed E-state index contributed by atoms with van der Waals surface area (Å²) in [6.07, 6.45) is 1.69. The van der Waals surface area contributed by atoms with Gasteiger partial charge in [-0.05, 0) is 13.3 Å². The largest absolute Gasteiger partial charge is 0.300 e. The summed E-state index contributed by atoms with van der Waals surface area (Å²) in [6, 6.07) is 0. The highest BCUT2D eigenvalue weighted by atomic mass is 16.2. The second kappa shape index (κ2) is 6.46. The van der Waals surface area contributed by atoms with Crippen LogP contribution in [0, 0.1) is 5.92 Å². The second-order valence-corrected chi connectivity index (χ2v) is 3.24. The van der Waals surface area contributed by atoms with Gasteiger partial charge in [0.25, 0.3) is 0 Å². The van der Waals surface area contributed by atoms with Gasteiger partial charge in [-0.3, -0.25) is 14.4 Å². The predicted molar refractivity (Wildman–Crippen MR) is 54.0 cm³/mol. The van der Waals surface area contributed by atoms with Crippen molar-refractivity contribution in [3.63, 3.8) is 0 Å². The van der Waals surface area contributed by atoms with Crippen LogP contribution in [0.15, 0.2) is 0 Å². The van der Waals surface area contributed by atoms with Gasteiger partial charge in [0, 0.05) is 19.3 Å². The Labute approximate surface area is 84.9 Å². The summed E-state index contributed by atoms with van der Waals surface area (Å²) in [5, 5.41) is 0. The van der Waals surface area contributed by atoms with Crippen molar-refractivity contribution in [3.8, 4) is 0 Å². The molecule has 1 saturated carbocycles. The van der Waals surface area contributed by atoms with Crippen molar-refractivity contribution in [2.24, 2.45) is 5.92 Å². The van der Waals surface area contributed by atoms with E-state index in [2.05, 4.69) is 0 Å². The summed E-state index contributed by atoms with van der Waals surface area (Å²) in [7, 11) is 0. The van der Waals surface area contributed by atoms with Gasteiger partial charge in [0.15, 0.2) is 0 Å². The van der Waals surface area contributed by atoms with Crippen molar-refractivity contribution < 1.29 is 14.4 Å². The van der Waals surface area contributed by atoms with E-state index in [0.717, 1.165) is 0 Å². The van der Waals surface area contributed by atoms with Crippen LogP contribution in [-0.4, -0.2) is 17.3 Å². The fourth-order valence-electron chi connectivity index (χ4n) is 1.48. The quantitative estimate of drug-likeness (QED) is 0.637. The first-order chi connectivity index (χ1) is 6.61. The van der Waals surface area contributed by atoms with E-state index in [1.807, 2.05) is 13.8 Å². The van der Waals surface area contributed by atoms with Crippen LogP contribution in [0.25, 0.3) is 0 Å². The highest BCUT2D eigenvalue weighted by Crippen LogP contribution is 2.20. The number of hydrogen-bond donors (Lipinski definition) is 0. The standard InChI is InChI=1S/C9H12O3.C2H6/c1-6(10)5-7-8(11)3-2-4-9(7)12;1-2/h7H,2-5H2,1H3;1-2H3. The summed E-state index contributed by atoms with van der Waals surface area (Å²) in [4.78, 5) is 33.0. The molecule has 0 aliphatic heterocycles. The number of hydrogen-bond acceptors (Lipinski definition) is 3. The molecule has 1 rings (SSSR count). The van der Waals surface area contributed by atoms with Crippen molar-refractivity contribution in [2.75, 3.05) is 0 Å². The Morgan fingerprint density at radius 2 is 1.64 bits per heavy atom. The lowest BCUT2D eigenvalue weighted by Crippen LogP contribution is -2.30. The zero-order valence-electron chi connectivity index (χ0n) is 9.13. The molecule has 0 atom stereocenters. The molecule has 0 bridgehead atoms.